The number of nitrogens with one attached hydrogen (secondary N) is 3. The Morgan fingerprint density at radius 3 is 2.29 bits per heavy atom. The van der Waals surface area contributed by atoms with Gasteiger partial charge in [-0.25, -0.2) is 0 Å². The third-order valence-corrected chi connectivity index (χ3v) is 8.37. The van der Waals surface area contributed by atoms with Crippen LogP contribution in [0.25, 0.3) is 11.1 Å². The van der Waals surface area contributed by atoms with Gasteiger partial charge < -0.3 is 34.9 Å². The van der Waals surface area contributed by atoms with Gasteiger partial charge in [-0.15, -0.1) is 0 Å². The van der Waals surface area contributed by atoms with E-state index in [9.17, 15) is 14.4 Å². The predicted molar refractivity (Wildman–Crippen MR) is 174 cm³/mol. The SMILES string of the molecule is CCC(C)C(Nc1ccc2c(cc1=O)C(NC(C)=O)CCc1cc(OC)c(OC)c(OC)c1-2)C(=O)NCc1ccccc1OC. The molecule has 0 heterocycles. The maximum absolute atomic E-state index is 13.9. The van der Waals surface area contributed by atoms with Crippen LogP contribution in [-0.4, -0.2) is 46.3 Å². The van der Waals surface area contributed by atoms with Crippen molar-refractivity contribution in [3.05, 3.63) is 75.4 Å². The van der Waals surface area contributed by atoms with Crippen molar-refractivity contribution >= 4 is 17.5 Å². The summed E-state index contributed by atoms with van der Waals surface area (Å²) in [5.41, 5.74) is 3.86. The molecular weight excluding hydrogens is 574 g/mol. The number of anilines is 1. The zero-order valence-corrected chi connectivity index (χ0v) is 27.0. The number of rotatable bonds is 12. The third kappa shape index (κ3) is 7.16. The summed E-state index contributed by atoms with van der Waals surface area (Å²) in [6, 6.07) is 13.4. The van der Waals surface area contributed by atoms with Crippen molar-refractivity contribution in [1.29, 1.82) is 0 Å². The molecule has 10 heteroatoms. The number of carbonyl (C=O) groups excluding carboxylic acids is 2. The molecule has 3 atom stereocenters. The molecule has 10 nitrogen and oxygen atoms in total. The van der Waals surface area contributed by atoms with Gasteiger partial charge in [0, 0.05) is 24.6 Å². The summed E-state index contributed by atoms with van der Waals surface area (Å²) < 4.78 is 22.6. The lowest BCUT2D eigenvalue weighted by Crippen LogP contribution is -2.44. The van der Waals surface area contributed by atoms with Gasteiger partial charge in [0.25, 0.3) is 0 Å². The molecule has 0 fully saturated rings. The quantitative estimate of drug-likeness (QED) is 0.259. The minimum absolute atomic E-state index is 0.0879. The van der Waals surface area contributed by atoms with E-state index in [2.05, 4.69) is 16.0 Å². The van der Waals surface area contributed by atoms with Crippen molar-refractivity contribution in [2.24, 2.45) is 5.92 Å². The molecule has 0 aromatic heterocycles. The van der Waals surface area contributed by atoms with Crippen LogP contribution in [0.1, 0.15) is 56.3 Å². The highest BCUT2D eigenvalue weighted by Crippen LogP contribution is 2.50. The Labute approximate surface area is 264 Å². The van der Waals surface area contributed by atoms with Crippen molar-refractivity contribution in [1.82, 2.24) is 10.6 Å². The Morgan fingerprint density at radius 2 is 1.64 bits per heavy atom. The molecule has 3 N–H and O–H groups in total. The van der Waals surface area contributed by atoms with E-state index in [1.54, 1.807) is 40.6 Å². The minimum Gasteiger partial charge on any atom is -0.496 e. The molecule has 3 aromatic carbocycles. The molecule has 3 unspecified atom stereocenters. The Morgan fingerprint density at radius 1 is 0.933 bits per heavy atom. The number of carbonyl (C=O) groups is 2. The summed E-state index contributed by atoms with van der Waals surface area (Å²) in [5.74, 6) is 1.58. The van der Waals surface area contributed by atoms with Gasteiger partial charge in [-0.3, -0.25) is 14.4 Å². The molecule has 0 spiro atoms. The number of ether oxygens (including phenoxy) is 4. The lowest BCUT2D eigenvalue weighted by Gasteiger charge is -2.24. The van der Waals surface area contributed by atoms with Gasteiger partial charge in [0.1, 0.15) is 11.8 Å². The van der Waals surface area contributed by atoms with E-state index >= 15 is 0 Å². The summed E-state index contributed by atoms with van der Waals surface area (Å²) in [6.07, 6.45) is 1.85. The monoisotopic (exact) mass is 617 g/mol. The summed E-state index contributed by atoms with van der Waals surface area (Å²) in [5, 5.41) is 9.28. The van der Waals surface area contributed by atoms with Gasteiger partial charge in [-0.1, -0.05) is 44.5 Å². The van der Waals surface area contributed by atoms with Crippen molar-refractivity contribution in [2.45, 2.75) is 58.7 Å². The summed E-state index contributed by atoms with van der Waals surface area (Å²) in [7, 11) is 6.26. The van der Waals surface area contributed by atoms with Crippen molar-refractivity contribution < 1.29 is 28.5 Å². The highest BCUT2D eigenvalue weighted by atomic mass is 16.5. The molecule has 1 aliphatic rings. The zero-order chi connectivity index (χ0) is 32.7. The second-order valence-corrected chi connectivity index (χ2v) is 11.1. The van der Waals surface area contributed by atoms with Gasteiger partial charge in [0.05, 0.1) is 40.2 Å². The van der Waals surface area contributed by atoms with E-state index in [1.165, 1.54) is 6.92 Å². The minimum atomic E-state index is -0.683. The second-order valence-electron chi connectivity index (χ2n) is 11.1. The van der Waals surface area contributed by atoms with E-state index in [0.717, 1.165) is 16.7 Å². The van der Waals surface area contributed by atoms with Crippen LogP contribution in [-0.2, 0) is 22.6 Å². The number of hydrogen-bond acceptors (Lipinski definition) is 8. The first-order chi connectivity index (χ1) is 21.7. The molecule has 45 heavy (non-hydrogen) atoms. The van der Waals surface area contributed by atoms with Gasteiger partial charge in [-0.05, 0) is 59.7 Å². The lowest BCUT2D eigenvalue weighted by atomic mass is 9.95. The van der Waals surface area contributed by atoms with E-state index < -0.39 is 12.1 Å². The largest absolute Gasteiger partial charge is 0.496 e. The Kier molecular flexibility index (Phi) is 10.9. The first kappa shape index (κ1) is 33.2. The molecular formula is C35H43N3O7. The topological polar surface area (TPSA) is 124 Å². The number of aryl methyl sites for hydroxylation is 1. The maximum atomic E-state index is 13.9. The molecule has 240 valence electrons. The third-order valence-electron chi connectivity index (χ3n) is 8.37. The van der Waals surface area contributed by atoms with Crippen LogP contribution < -0.4 is 40.3 Å². The number of amides is 2. The average molecular weight is 618 g/mol. The fraction of sp³-hybridized carbons (Fsp3) is 0.400. The summed E-state index contributed by atoms with van der Waals surface area (Å²) in [4.78, 5) is 39.7. The fourth-order valence-corrected chi connectivity index (χ4v) is 5.84. The standard InChI is InChI=1S/C35H43N3O7/c1-8-20(2)32(35(41)36-19-23-11-9-10-12-29(23)42-4)38-27-16-14-24-25(18-28(27)40)26(37-21(3)39)15-13-22-17-30(43-5)33(44-6)34(45-7)31(22)24/h9-12,14,16-18,20,26,32H,8,13,15,19H2,1-7H3,(H,36,41)(H,37,39)(H,38,40). The van der Waals surface area contributed by atoms with Crippen LogP contribution in [0.4, 0.5) is 5.69 Å². The molecule has 3 aromatic rings. The summed E-state index contributed by atoms with van der Waals surface area (Å²) >= 11 is 0. The van der Waals surface area contributed by atoms with E-state index in [4.69, 9.17) is 18.9 Å². The van der Waals surface area contributed by atoms with Crippen molar-refractivity contribution in [2.75, 3.05) is 33.8 Å². The van der Waals surface area contributed by atoms with Crippen LogP contribution in [0.3, 0.4) is 0 Å². The molecule has 4 rings (SSSR count). The molecule has 0 aliphatic heterocycles. The molecule has 0 radical (unpaired) electrons. The van der Waals surface area contributed by atoms with Crippen LogP contribution >= 0.6 is 0 Å². The Bertz CT molecular complexity index is 1610. The average Bonchev–Trinajstić information content (AvgIpc) is 3.29. The Balaban J connectivity index is 1.80. The van der Waals surface area contributed by atoms with Crippen molar-refractivity contribution in [3.63, 3.8) is 0 Å². The van der Waals surface area contributed by atoms with Crippen molar-refractivity contribution in [3.8, 4) is 34.1 Å². The Hall–Kier alpha value is -4.73. The van der Waals surface area contributed by atoms with E-state index in [1.807, 2.05) is 50.2 Å². The predicted octanol–water partition coefficient (Wildman–Crippen LogP) is 5.01. The van der Waals surface area contributed by atoms with E-state index in [-0.39, 0.29) is 35.4 Å². The van der Waals surface area contributed by atoms with Gasteiger partial charge in [0.2, 0.25) is 23.0 Å². The van der Waals surface area contributed by atoms with E-state index in [0.29, 0.717) is 53.4 Å². The highest BCUT2D eigenvalue weighted by molar-refractivity contribution is 5.86. The van der Waals surface area contributed by atoms with Gasteiger partial charge in [0.15, 0.2) is 11.5 Å². The van der Waals surface area contributed by atoms with Gasteiger partial charge in [-0.2, -0.15) is 0 Å². The molecule has 0 saturated carbocycles. The van der Waals surface area contributed by atoms with Crippen LogP contribution in [0.5, 0.6) is 23.0 Å². The fourth-order valence-electron chi connectivity index (χ4n) is 5.84. The first-order valence-corrected chi connectivity index (χ1v) is 15.1. The second kappa shape index (κ2) is 14.8. The zero-order valence-electron chi connectivity index (χ0n) is 27.0. The number of hydrogen-bond donors (Lipinski definition) is 3. The number of methoxy groups -OCH3 is 4. The molecule has 0 saturated heterocycles. The first-order valence-electron chi connectivity index (χ1n) is 15.1. The molecule has 1 aliphatic carbocycles. The number of fused-ring (bicyclic) bond motifs is 3. The van der Waals surface area contributed by atoms with Crippen LogP contribution in [0, 0.1) is 5.92 Å². The summed E-state index contributed by atoms with van der Waals surface area (Å²) in [6.45, 7) is 5.70. The maximum Gasteiger partial charge on any atom is 0.243 e. The smallest absolute Gasteiger partial charge is 0.243 e. The van der Waals surface area contributed by atoms with Crippen LogP contribution in [0.15, 0.2) is 53.3 Å². The number of para-hydroxylation sites is 1. The number of benzene rings is 2. The van der Waals surface area contributed by atoms with Gasteiger partial charge >= 0.3 is 0 Å². The normalized spacial score (nSPS) is 14.9. The molecule has 2 amide bonds. The van der Waals surface area contributed by atoms with Crippen LogP contribution in [0.2, 0.25) is 0 Å². The lowest BCUT2D eigenvalue weighted by molar-refractivity contribution is -0.123. The molecule has 0 bridgehead atoms. The highest BCUT2D eigenvalue weighted by Gasteiger charge is 2.30.